The number of carboxylic acids is 4. The number of unbranched alkanes of at least 4 members (excludes halogenated alkanes) is 14. The first-order valence-corrected chi connectivity index (χ1v) is 20.7. The average molecular weight is 749 g/mol. The molecule has 1 aliphatic heterocycles. The van der Waals surface area contributed by atoms with Crippen molar-refractivity contribution in [2.45, 2.75) is 148 Å². The van der Waals surface area contributed by atoms with Crippen LogP contribution in [0.1, 0.15) is 142 Å². The van der Waals surface area contributed by atoms with Crippen molar-refractivity contribution in [1.82, 2.24) is 19.6 Å². The summed E-state index contributed by atoms with van der Waals surface area (Å²) in [6.45, 7) is 3.57. The van der Waals surface area contributed by atoms with Crippen molar-refractivity contribution in [3.8, 4) is 0 Å². The number of carbonyl (C=O) groups is 5. The molecule has 0 radical (unpaired) electrons. The third-order valence-electron chi connectivity index (χ3n) is 11.4. The highest BCUT2D eigenvalue weighted by atomic mass is 16.4. The highest BCUT2D eigenvalue weighted by Gasteiger charge is 2.49. The van der Waals surface area contributed by atoms with Crippen LogP contribution in [0, 0.1) is 11.8 Å². The van der Waals surface area contributed by atoms with Gasteiger partial charge in [-0.1, -0.05) is 104 Å². The Morgan fingerprint density at radius 1 is 0.547 bits per heavy atom. The minimum atomic E-state index is -1.52. The molecule has 1 heterocycles. The molecule has 0 unspecified atom stereocenters. The number of hydrogen-bond donors (Lipinski definition) is 0. The summed E-state index contributed by atoms with van der Waals surface area (Å²) < 4.78 is 0. The minimum Gasteiger partial charge on any atom is -0.549 e. The van der Waals surface area contributed by atoms with Crippen molar-refractivity contribution in [2.24, 2.45) is 11.8 Å². The predicted octanol–water partition coefficient (Wildman–Crippen LogP) is 0.561. The molecule has 0 N–H and O–H groups in total. The largest absolute Gasteiger partial charge is 0.549 e. The van der Waals surface area contributed by atoms with Crippen LogP contribution in [0.3, 0.4) is 0 Å². The maximum Gasteiger partial charge on any atom is 0.225 e. The maximum atomic E-state index is 14.1. The van der Waals surface area contributed by atoms with E-state index in [4.69, 9.17) is 0 Å². The molecule has 1 amide bonds. The number of nitrogens with zero attached hydrogens (tertiary/aromatic N) is 4. The Labute approximate surface area is 318 Å². The number of aliphatic carboxylic acids is 4. The van der Waals surface area contributed by atoms with Gasteiger partial charge in [0.05, 0.1) is 23.9 Å². The Morgan fingerprint density at radius 2 is 0.925 bits per heavy atom. The van der Waals surface area contributed by atoms with E-state index in [1.165, 1.54) is 69.1 Å². The van der Waals surface area contributed by atoms with Gasteiger partial charge < -0.3 is 44.5 Å². The van der Waals surface area contributed by atoms with Gasteiger partial charge in [-0.05, 0) is 44.4 Å². The molecule has 1 saturated heterocycles. The van der Waals surface area contributed by atoms with E-state index in [9.17, 15) is 44.4 Å². The topological polar surface area (TPSA) is 191 Å². The van der Waals surface area contributed by atoms with E-state index < -0.39 is 55.6 Å². The van der Waals surface area contributed by atoms with Gasteiger partial charge in [0, 0.05) is 76.9 Å². The van der Waals surface area contributed by atoms with Crippen LogP contribution in [0.4, 0.5) is 0 Å². The number of amides is 1. The lowest BCUT2D eigenvalue weighted by Gasteiger charge is -2.53. The maximum absolute atomic E-state index is 14.1. The molecular formula is C40H68N4O9-4. The number of carbonyl (C=O) groups excluding carboxylic acids is 5. The van der Waals surface area contributed by atoms with E-state index in [0.29, 0.717) is 25.7 Å². The summed E-state index contributed by atoms with van der Waals surface area (Å²) in [5.41, 5.74) is -1.29. The average Bonchev–Trinajstić information content (AvgIpc) is 3.27. The summed E-state index contributed by atoms with van der Waals surface area (Å²) in [6.07, 6.45) is 20.8. The van der Waals surface area contributed by atoms with Crippen LogP contribution in [0.25, 0.3) is 0 Å². The van der Waals surface area contributed by atoms with E-state index in [-0.39, 0.29) is 43.9 Å². The zero-order valence-corrected chi connectivity index (χ0v) is 32.8. The van der Waals surface area contributed by atoms with Crippen LogP contribution in [-0.2, 0) is 24.0 Å². The van der Waals surface area contributed by atoms with Crippen molar-refractivity contribution >= 4 is 29.8 Å². The van der Waals surface area contributed by atoms with E-state index >= 15 is 0 Å². The van der Waals surface area contributed by atoms with E-state index in [0.717, 1.165) is 51.6 Å². The molecule has 1 aliphatic carbocycles. The highest BCUT2D eigenvalue weighted by Crippen LogP contribution is 2.41. The van der Waals surface area contributed by atoms with E-state index in [1.54, 1.807) is 9.80 Å². The Bertz CT molecular complexity index is 1040. The molecule has 0 aromatic carbocycles. The van der Waals surface area contributed by atoms with E-state index in [1.807, 2.05) is 4.90 Å². The summed E-state index contributed by atoms with van der Waals surface area (Å²) in [4.78, 5) is 68.0. The van der Waals surface area contributed by atoms with Crippen LogP contribution in [0.2, 0.25) is 0 Å². The van der Waals surface area contributed by atoms with Gasteiger partial charge in [-0.15, -0.1) is 0 Å². The first-order chi connectivity index (χ1) is 25.4. The van der Waals surface area contributed by atoms with Gasteiger partial charge in [-0.2, -0.15) is 0 Å². The van der Waals surface area contributed by atoms with Gasteiger partial charge in [0.25, 0.3) is 0 Å². The highest BCUT2D eigenvalue weighted by molar-refractivity contribution is 5.79. The quantitative estimate of drug-likeness (QED) is 0.0968. The van der Waals surface area contributed by atoms with Crippen molar-refractivity contribution < 1.29 is 44.4 Å². The Morgan fingerprint density at radius 3 is 1.28 bits per heavy atom. The molecule has 1 saturated carbocycles. The fourth-order valence-electron chi connectivity index (χ4n) is 8.64. The molecule has 0 aromatic rings. The standard InChI is InChI=1S/C40H72N4O9/c1-3-5-7-9-11-13-15-17-23-43(24-18-16-14-12-10-8-6-4-2)39(53)33-19-21-34(22-20-33)40(44(29-37(49)50)30-38(51)52)31-41(27-35(45)46)25-26-42(32-40)28-36(47)48/h33-34H,3-32H2,1-2H3,(H,45,46)(H,47,48)(H,49,50)(H,51,52)/p-4. The third kappa shape index (κ3) is 17.9. The van der Waals surface area contributed by atoms with Crippen LogP contribution >= 0.6 is 0 Å². The Hall–Kier alpha value is -2.77. The van der Waals surface area contributed by atoms with Crippen LogP contribution < -0.4 is 20.4 Å². The second-order valence-corrected chi connectivity index (χ2v) is 15.7. The number of carboxylic acid groups (broad SMARTS) is 4. The van der Waals surface area contributed by atoms with Crippen LogP contribution in [0.15, 0.2) is 0 Å². The molecule has 306 valence electrons. The molecule has 53 heavy (non-hydrogen) atoms. The summed E-state index contributed by atoms with van der Waals surface area (Å²) >= 11 is 0. The fourth-order valence-corrected chi connectivity index (χ4v) is 8.64. The molecule has 13 heteroatoms. The first-order valence-electron chi connectivity index (χ1n) is 20.7. The Balaban J connectivity index is 2.24. The molecule has 0 bridgehead atoms. The smallest absolute Gasteiger partial charge is 0.225 e. The second kappa shape index (κ2) is 26.1. The molecule has 2 rings (SSSR count). The zero-order valence-electron chi connectivity index (χ0n) is 32.8. The van der Waals surface area contributed by atoms with E-state index in [2.05, 4.69) is 13.8 Å². The van der Waals surface area contributed by atoms with Gasteiger partial charge in [-0.3, -0.25) is 19.5 Å². The summed E-state index contributed by atoms with van der Waals surface area (Å²) in [6, 6.07) is 0. The van der Waals surface area contributed by atoms with Crippen molar-refractivity contribution in [2.75, 3.05) is 65.4 Å². The summed E-state index contributed by atoms with van der Waals surface area (Å²) in [5.74, 6) is -6.25. The second-order valence-electron chi connectivity index (χ2n) is 15.7. The molecule has 2 aliphatic rings. The molecule has 0 atom stereocenters. The zero-order chi connectivity index (χ0) is 39.1. The van der Waals surface area contributed by atoms with Gasteiger partial charge in [0.2, 0.25) is 5.91 Å². The molecular weight excluding hydrogens is 680 g/mol. The Kier molecular flexibility index (Phi) is 22.8. The number of hydrogen-bond acceptors (Lipinski definition) is 12. The van der Waals surface area contributed by atoms with Crippen molar-refractivity contribution in [3.05, 3.63) is 0 Å². The van der Waals surface area contributed by atoms with Gasteiger partial charge in [-0.25, -0.2) is 0 Å². The van der Waals surface area contributed by atoms with Crippen molar-refractivity contribution in [1.29, 1.82) is 0 Å². The normalized spacial score (nSPS) is 19.5. The third-order valence-corrected chi connectivity index (χ3v) is 11.4. The molecule has 2 fully saturated rings. The van der Waals surface area contributed by atoms with Crippen LogP contribution in [0.5, 0.6) is 0 Å². The number of rotatable bonds is 29. The monoisotopic (exact) mass is 749 g/mol. The van der Waals surface area contributed by atoms with Gasteiger partial charge in [0.15, 0.2) is 0 Å². The van der Waals surface area contributed by atoms with Gasteiger partial charge in [0.1, 0.15) is 0 Å². The molecule has 0 spiro atoms. The lowest BCUT2D eigenvalue weighted by Crippen LogP contribution is -2.67. The first kappa shape index (κ1) is 46.4. The van der Waals surface area contributed by atoms with Crippen molar-refractivity contribution in [3.63, 3.8) is 0 Å². The fraction of sp³-hybridized carbons (Fsp3) is 0.875. The summed E-state index contributed by atoms with van der Waals surface area (Å²) in [7, 11) is 0. The molecule has 0 aromatic heterocycles. The lowest BCUT2D eigenvalue weighted by molar-refractivity contribution is -0.315. The van der Waals surface area contributed by atoms with Crippen LogP contribution in [-0.4, -0.2) is 120 Å². The SMILES string of the molecule is CCCCCCCCCCN(CCCCCCCCCC)C(=O)C1CCC(C2(N(CC(=O)[O-])CC(=O)[O-])CN(CC(=O)[O-])CCN(CC(=O)[O-])C2)CC1. The summed E-state index contributed by atoms with van der Waals surface area (Å²) in [5, 5.41) is 47.5. The predicted molar refractivity (Wildman–Crippen MR) is 194 cm³/mol. The minimum absolute atomic E-state index is 0.0304. The lowest BCUT2D eigenvalue weighted by atomic mass is 9.69. The van der Waals surface area contributed by atoms with Gasteiger partial charge >= 0.3 is 0 Å². The molecule has 13 nitrogen and oxygen atoms in total.